The van der Waals surface area contributed by atoms with E-state index in [0.29, 0.717) is 5.56 Å². The largest absolute Gasteiger partial charge is 0.366 e. The minimum atomic E-state index is -0.359. The molecule has 1 aliphatic heterocycles. The van der Waals surface area contributed by atoms with Crippen molar-refractivity contribution in [2.75, 3.05) is 13.1 Å². The molecule has 0 radical (unpaired) electrons. The van der Waals surface area contributed by atoms with Gasteiger partial charge in [0.15, 0.2) is 0 Å². The Bertz CT molecular complexity index is 377. The van der Waals surface area contributed by atoms with E-state index >= 15 is 0 Å². The fourth-order valence-electron chi connectivity index (χ4n) is 2.30. The van der Waals surface area contributed by atoms with E-state index in [1.54, 1.807) is 0 Å². The van der Waals surface area contributed by atoms with Crippen molar-refractivity contribution in [2.45, 2.75) is 25.2 Å². The van der Waals surface area contributed by atoms with Crippen LogP contribution in [0.25, 0.3) is 0 Å². The van der Waals surface area contributed by atoms with Crippen LogP contribution in [0.1, 0.15) is 35.7 Å². The van der Waals surface area contributed by atoms with Gasteiger partial charge in [0, 0.05) is 5.56 Å². The summed E-state index contributed by atoms with van der Waals surface area (Å²) in [4.78, 5) is 11.0. The summed E-state index contributed by atoms with van der Waals surface area (Å²) in [6.07, 6.45) is 2.28. The Morgan fingerprint density at radius 3 is 2.31 bits per heavy atom. The summed E-state index contributed by atoms with van der Waals surface area (Å²) in [6.45, 7) is 4.41. The van der Waals surface area contributed by atoms with Gasteiger partial charge < -0.3 is 11.1 Å². The van der Waals surface area contributed by atoms with Gasteiger partial charge in [0.1, 0.15) is 0 Å². The number of primary amides is 1. The summed E-state index contributed by atoms with van der Waals surface area (Å²) in [5.74, 6) is -0.359. The minimum absolute atomic E-state index is 0.238. The second-order valence-electron chi connectivity index (χ2n) is 4.75. The highest BCUT2D eigenvalue weighted by molar-refractivity contribution is 5.92. The van der Waals surface area contributed by atoms with E-state index < -0.39 is 0 Å². The second-order valence-corrected chi connectivity index (χ2v) is 4.75. The topological polar surface area (TPSA) is 55.1 Å². The maximum Gasteiger partial charge on any atom is 0.248 e. The van der Waals surface area contributed by atoms with E-state index in [9.17, 15) is 4.79 Å². The zero-order valence-electron chi connectivity index (χ0n) is 9.62. The highest BCUT2D eigenvalue weighted by atomic mass is 16.1. The molecule has 0 aromatic heterocycles. The molecule has 1 aromatic carbocycles. The average molecular weight is 218 g/mol. The molecule has 1 fully saturated rings. The van der Waals surface area contributed by atoms with Crippen molar-refractivity contribution in [2.24, 2.45) is 5.73 Å². The summed E-state index contributed by atoms with van der Waals surface area (Å²) in [5.41, 5.74) is 7.35. The van der Waals surface area contributed by atoms with Gasteiger partial charge in [0.25, 0.3) is 0 Å². The van der Waals surface area contributed by atoms with E-state index in [-0.39, 0.29) is 11.3 Å². The first kappa shape index (κ1) is 11.1. The Labute approximate surface area is 96.0 Å². The molecule has 0 unspecified atom stereocenters. The van der Waals surface area contributed by atoms with Crippen LogP contribution in [0.5, 0.6) is 0 Å². The molecule has 0 aliphatic carbocycles. The number of carbonyl (C=O) groups is 1. The first-order valence-corrected chi connectivity index (χ1v) is 5.73. The highest BCUT2D eigenvalue weighted by Gasteiger charge is 2.28. The molecule has 1 saturated heterocycles. The lowest BCUT2D eigenvalue weighted by atomic mass is 9.75. The van der Waals surface area contributed by atoms with Crippen LogP contribution in [0, 0.1) is 0 Å². The third kappa shape index (κ3) is 2.09. The Balaban J connectivity index is 2.23. The molecule has 16 heavy (non-hydrogen) atoms. The molecule has 1 amide bonds. The molecule has 2 rings (SSSR count). The number of amides is 1. The molecule has 1 aromatic rings. The fourth-order valence-corrected chi connectivity index (χ4v) is 2.30. The predicted molar refractivity (Wildman–Crippen MR) is 64.4 cm³/mol. The summed E-state index contributed by atoms with van der Waals surface area (Å²) in [6, 6.07) is 7.72. The second kappa shape index (κ2) is 4.26. The minimum Gasteiger partial charge on any atom is -0.366 e. The molecular formula is C13H18N2O. The molecule has 3 nitrogen and oxygen atoms in total. The monoisotopic (exact) mass is 218 g/mol. The standard InChI is InChI=1S/C13H18N2O/c1-13(6-8-15-9-7-13)11-4-2-10(3-5-11)12(14)16/h2-5,15H,6-9H2,1H3,(H2,14,16). The lowest BCUT2D eigenvalue weighted by Gasteiger charge is -2.34. The molecule has 3 N–H and O–H groups in total. The number of nitrogens with two attached hydrogens (primary N) is 1. The number of piperidine rings is 1. The summed E-state index contributed by atoms with van der Waals surface area (Å²) >= 11 is 0. The number of carbonyl (C=O) groups excluding carboxylic acids is 1. The van der Waals surface area contributed by atoms with E-state index in [1.807, 2.05) is 24.3 Å². The Kier molecular flexibility index (Phi) is 2.97. The van der Waals surface area contributed by atoms with E-state index in [1.165, 1.54) is 5.56 Å². The molecule has 86 valence electrons. The van der Waals surface area contributed by atoms with Crippen molar-refractivity contribution in [3.8, 4) is 0 Å². The lowest BCUT2D eigenvalue weighted by molar-refractivity contribution is 0.1000. The van der Waals surface area contributed by atoms with Crippen LogP contribution in [0.4, 0.5) is 0 Å². The van der Waals surface area contributed by atoms with Crippen LogP contribution in [-0.4, -0.2) is 19.0 Å². The van der Waals surface area contributed by atoms with Gasteiger partial charge in [-0.25, -0.2) is 0 Å². The molecule has 3 heteroatoms. The smallest absolute Gasteiger partial charge is 0.248 e. The maximum absolute atomic E-state index is 11.0. The Hall–Kier alpha value is -1.35. The van der Waals surface area contributed by atoms with Crippen LogP contribution >= 0.6 is 0 Å². The predicted octanol–water partition coefficient (Wildman–Crippen LogP) is 1.43. The van der Waals surface area contributed by atoms with Crippen LogP contribution in [0.2, 0.25) is 0 Å². The number of hydrogen-bond acceptors (Lipinski definition) is 2. The van der Waals surface area contributed by atoms with E-state index in [2.05, 4.69) is 12.2 Å². The number of benzene rings is 1. The summed E-state index contributed by atoms with van der Waals surface area (Å²) in [7, 11) is 0. The zero-order chi connectivity index (χ0) is 11.6. The molecule has 1 heterocycles. The van der Waals surface area contributed by atoms with Crippen molar-refractivity contribution >= 4 is 5.91 Å². The van der Waals surface area contributed by atoms with Gasteiger partial charge in [-0.05, 0) is 49.0 Å². The van der Waals surface area contributed by atoms with Crippen molar-refractivity contribution < 1.29 is 4.79 Å². The molecular weight excluding hydrogens is 200 g/mol. The molecule has 1 aliphatic rings. The third-order valence-corrected chi connectivity index (χ3v) is 3.57. The number of nitrogens with one attached hydrogen (secondary N) is 1. The van der Waals surface area contributed by atoms with Crippen molar-refractivity contribution in [1.82, 2.24) is 5.32 Å². The van der Waals surface area contributed by atoms with Gasteiger partial charge in [-0.2, -0.15) is 0 Å². The average Bonchev–Trinajstić information content (AvgIpc) is 2.30. The highest BCUT2D eigenvalue weighted by Crippen LogP contribution is 2.32. The first-order chi connectivity index (χ1) is 7.62. The quantitative estimate of drug-likeness (QED) is 0.789. The van der Waals surface area contributed by atoms with Crippen molar-refractivity contribution in [3.05, 3.63) is 35.4 Å². The maximum atomic E-state index is 11.0. The molecule has 0 spiro atoms. The molecule has 0 atom stereocenters. The molecule has 0 bridgehead atoms. The third-order valence-electron chi connectivity index (χ3n) is 3.57. The van der Waals surface area contributed by atoms with Crippen LogP contribution in [0.3, 0.4) is 0 Å². The van der Waals surface area contributed by atoms with Gasteiger partial charge in [-0.3, -0.25) is 4.79 Å². The van der Waals surface area contributed by atoms with Gasteiger partial charge >= 0.3 is 0 Å². The van der Waals surface area contributed by atoms with Crippen LogP contribution in [-0.2, 0) is 5.41 Å². The van der Waals surface area contributed by atoms with Crippen LogP contribution in [0.15, 0.2) is 24.3 Å². The van der Waals surface area contributed by atoms with Crippen molar-refractivity contribution in [3.63, 3.8) is 0 Å². The first-order valence-electron chi connectivity index (χ1n) is 5.73. The van der Waals surface area contributed by atoms with E-state index in [0.717, 1.165) is 25.9 Å². The lowest BCUT2D eigenvalue weighted by Crippen LogP contribution is -2.37. The van der Waals surface area contributed by atoms with E-state index in [4.69, 9.17) is 5.73 Å². The summed E-state index contributed by atoms with van der Waals surface area (Å²) < 4.78 is 0. The zero-order valence-corrected chi connectivity index (χ0v) is 9.62. The Morgan fingerprint density at radius 1 is 1.25 bits per heavy atom. The van der Waals surface area contributed by atoms with Crippen molar-refractivity contribution in [1.29, 1.82) is 0 Å². The van der Waals surface area contributed by atoms with Gasteiger partial charge in [-0.15, -0.1) is 0 Å². The molecule has 0 saturated carbocycles. The van der Waals surface area contributed by atoms with Gasteiger partial charge in [0.2, 0.25) is 5.91 Å². The number of rotatable bonds is 2. The number of hydrogen-bond donors (Lipinski definition) is 2. The summed E-state index contributed by atoms with van der Waals surface area (Å²) in [5, 5.41) is 3.37. The van der Waals surface area contributed by atoms with Gasteiger partial charge in [-0.1, -0.05) is 19.1 Å². The van der Waals surface area contributed by atoms with Gasteiger partial charge in [0.05, 0.1) is 0 Å². The SMILES string of the molecule is CC1(c2ccc(C(N)=O)cc2)CCNCC1. The van der Waals surface area contributed by atoms with Crippen LogP contribution < -0.4 is 11.1 Å². The normalized spacial score (nSPS) is 19.3. The Morgan fingerprint density at radius 2 is 1.81 bits per heavy atom. The fraction of sp³-hybridized carbons (Fsp3) is 0.462.